The molecule has 3 rings (SSSR count). The van der Waals surface area contributed by atoms with Crippen LogP contribution in [0.25, 0.3) is 0 Å². The van der Waals surface area contributed by atoms with Crippen molar-refractivity contribution in [1.29, 1.82) is 0 Å². The number of nitrogens with zero attached hydrogens (tertiary/aromatic N) is 1. The van der Waals surface area contributed by atoms with Crippen LogP contribution < -0.4 is 48.7 Å². The number of phenols is 2. The fourth-order valence-electron chi connectivity index (χ4n) is 8.42. The number of aliphatic hydroxyl groups excluding tert-OH is 1. The summed E-state index contributed by atoms with van der Waals surface area (Å²) in [5.74, 6) is -10.7. The van der Waals surface area contributed by atoms with Crippen molar-refractivity contribution < 1.29 is 73.5 Å². The third-order valence-electron chi connectivity index (χ3n) is 13.1. The molecule has 0 aliphatic rings. The Morgan fingerprint density at radius 1 is 0.531 bits per heavy atom. The molecule has 25 heteroatoms. The molecule has 3 aromatic carbocycles. The number of nitrogens with two attached hydrogens (primary N) is 2. The van der Waals surface area contributed by atoms with Crippen molar-refractivity contribution in [2.45, 2.75) is 147 Å². The van der Waals surface area contributed by atoms with Crippen LogP contribution in [0, 0.1) is 11.8 Å². The molecule has 0 aromatic heterocycles. The Morgan fingerprint density at radius 2 is 1.01 bits per heavy atom. The van der Waals surface area contributed by atoms with Crippen LogP contribution in [0.3, 0.4) is 0 Å². The summed E-state index contributed by atoms with van der Waals surface area (Å²) in [7, 11) is 1.21. The van der Waals surface area contributed by atoms with Crippen LogP contribution >= 0.6 is 0 Å². The van der Waals surface area contributed by atoms with Crippen molar-refractivity contribution in [1.82, 2.24) is 42.1 Å². The van der Waals surface area contributed by atoms with Crippen molar-refractivity contribution in [3.63, 3.8) is 0 Å². The van der Waals surface area contributed by atoms with Gasteiger partial charge in [-0.25, -0.2) is 4.79 Å². The number of rotatable bonds is 34. The van der Waals surface area contributed by atoms with Gasteiger partial charge in [-0.15, -0.1) is 0 Å². The highest BCUT2D eigenvalue weighted by molar-refractivity contribution is 5.98. The molecular formula is C56H80N10O15. The summed E-state index contributed by atoms with van der Waals surface area (Å²) in [5.41, 5.74) is 13.7. The molecule has 3 aromatic rings. The summed E-state index contributed by atoms with van der Waals surface area (Å²) < 4.78 is 0. The van der Waals surface area contributed by atoms with Crippen molar-refractivity contribution in [2.24, 2.45) is 23.3 Å². The third-order valence-corrected chi connectivity index (χ3v) is 13.1. The lowest BCUT2D eigenvalue weighted by atomic mass is 9.99. The molecule has 0 radical (unpaired) electrons. The van der Waals surface area contributed by atoms with E-state index in [4.69, 9.17) is 11.5 Å². The number of phenolic OH excluding ortho intramolecular Hbond substituents is 2. The van der Waals surface area contributed by atoms with Gasteiger partial charge in [-0.2, -0.15) is 0 Å². The molecule has 0 aliphatic carbocycles. The summed E-state index contributed by atoms with van der Waals surface area (Å²) in [5, 5.41) is 67.3. The first kappa shape index (κ1) is 67.1. The molecule has 81 heavy (non-hydrogen) atoms. The van der Waals surface area contributed by atoms with Gasteiger partial charge in [-0.1, -0.05) is 82.3 Å². The molecule has 9 atom stereocenters. The molecule has 0 saturated carbocycles. The van der Waals surface area contributed by atoms with Gasteiger partial charge in [0, 0.05) is 26.3 Å². The lowest BCUT2D eigenvalue weighted by molar-refractivity contribution is -0.146. The van der Waals surface area contributed by atoms with Gasteiger partial charge in [0.05, 0.1) is 12.6 Å². The number of carboxylic acids is 2. The number of nitrogens with one attached hydrogen (secondary N) is 7. The van der Waals surface area contributed by atoms with Gasteiger partial charge in [0.25, 0.3) is 0 Å². The number of hydrogen-bond donors (Lipinski definition) is 14. The zero-order valence-corrected chi connectivity index (χ0v) is 46.6. The normalized spacial score (nSPS) is 14.5. The second-order valence-corrected chi connectivity index (χ2v) is 20.6. The summed E-state index contributed by atoms with van der Waals surface area (Å²) in [4.78, 5) is 136. The minimum Gasteiger partial charge on any atom is -0.508 e. The number of aromatic hydroxyl groups is 2. The van der Waals surface area contributed by atoms with Crippen LogP contribution in [0.1, 0.15) is 89.8 Å². The summed E-state index contributed by atoms with van der Waals surface area (Å²) in [6, 6.07) is 7.63. The van der Waals surface area contributed by atoms with Gasteiger partial charge >= 0.3 is 11.9 Å². The maximum atomic E-state index is 14.4. The predicted molar refractivity (Wildman–Crippen MR) is 296 cm³/mol. The number of carbonyl (C=O) groups excluding carboxylic acids is 8. The molecule has 16 N–H and O–H groups in total. The van der Waals surface area contributed by atoms with Gasteiger partial charge in [-0.3, -0.25) is 43.2 Å². The van der Waals surface area contributed by atoms with Gasteiger partial charge in [0.2, 0.25) is 47.3 Å². The second kappa shape index (κ2) is 33.4. The van der Waals surface area contributed by atoms with E-state index in [1.165, 1.54) is 62.5 Å². The third kappa shape index (κ3) is 22.8. The molecular weight excluding hydrogens is 1050 g/mol. The maximum Gasteiger partial charge on any atom is 0.326 e. The van der Waals surface area contributed by atoms with Gasteiger partial charge in [0.15, 0.2) is 0 Å². The number of benzene rings is 3. The SMILES string of the molecule is CC(C)CC(NC(=O)C(N)Cc1ccccc1)C(=O)NC(Cc1ccc(O)cc1)C(=O)NC(CCC(=O)O)C(=O)NC(CCCCN)C(=O)NC(C)C(=O)NC(CO)C(=O)N(C)C(Cc1ccc(O)cc1)C(=O)NC(C(=O)O)C(C)C. The van der Waals surface area contributed by atoms with Crippen molar-refractivity contribution >= 4 is 59.2 Å². The Bertz CT molecular complexity index is 2590. The Morgan fingerprint density at radius 3 is 1.53 bits per heavy atom. The first-order valence-electron chi connectivity index (χ1n) is 26.7. The average molecular weight is 1130 g/mol. The zero-order valence-electron chi connectivity index (χ0n) is 46.6. The van der Waals surface area contributed by atoms with Crippen LogP contribution in [-0.2, 0) is 67.2 Å². The van der Waals surface area contributed by atoms with E-state index in [-0.39, 0.29) is 62.5 Å². The standard InChI is InChI=1S/C56H80N10O15/c1-31(2)26-42(62-49(73)39(58)27-34-12-8-7-9-13-34)52(76)63-43(28-35-15-19-37(68)20-16-35)53(77)61-41(23-24-46(70)71)51(75)60-40(14-10-11-25-57)50(74)59-33(5)48(72)64-44(30-67)55(79)66(6)45(29-36-17-21-38(69)22-18-36)54(78)65-47(32(3)4)56(80)81/h7-9,12-13,15-22,31-33,39-45,47,67-69H,10-11,14,23-30,57-58H2,1-6H3,(H,59,74)(H,60,75)(H,61,77)(H,62,73)(H,63,76)(H,64,72)(H,65,78)(H,70,71)(H,80,81). The number of aliphatic carboxylic acids is 2. The van der Waals surface area contributed by atoms with E-state index < -0.39 is 139 Å². The van der Waals surface area contributed by atoms with E-state index >= 15 is 0 Å². The first-order valence-corrected chi connectivity index (χ1v) is 26.7. The van der Waals surface area contributed by atoms with Gasteiger partial charge < -0.3 is 79.1 Å². The highest BCUT2D eigenvalue weighted by Gasteiger charge is 2.37. The largest absolute Gasteiger partial charge is 0.508 e. The molecule has 0 spiro atoms. The highest BCUT2D eigenvalue weighted by Crippen LogP contribution is 2.17. The number of hydrogen-bond acceptors (Lipinski definition) is 15. The lowest BCUT2D eigenvalue weighted by Gasteiger charge is -2.32. The van der Waals surface area contributed by atoms with Gasteiger partial charge in [0.1, 0.15) is 59.8 Å². The van der Waals surface area contributed by atoms with Crippen LogP contribution in [0.15, 0.2) is 78.9 Å². The van der Waals surface area contributed by atoms with E-state index in [2.05, 4.69) is 37.2 Å². The number of carbonyl (C=O) groups is 10. The number of carboxylic acid groups (broad SMARTS) is 2. The Hall–Kier alpha value is -8.16. The van der Waals surface area contributed by atoms with Crippen LogP contribution in [0.4, 0.5) is 0 Å². The Labute approximate surface area is 470 Å². The van der Waals surface area contributed by atoms with Crippen molar-refractivity contribution in [3.05, 3.63) is 95.6 Å². The smallest absolute Gasteiger partial charge is 0.326 e. The number of aliphatic hydroxyl groups is 1. The molecule has 9 unspecified atom stereocenters. The molecule has 444 valence electrons. The molecule has 0 saturated heterocycles. The molecule has 0 bridgehead atoms. The topological polar surface area (TPSA) is 411 Å². The lowest BCUT2D eigenvalue weighted by Crippen LogP contribution is -2.61. The molecule has 0 fully saturated rings. The van der Waals surface area contributed by atoms with Crippen molar-refractivity contribution in [3.8, 4) is 11.5 Å². The minimum atomic E-state index is -1.71. The summed E-state index contributed by atoms with van der Waals surface area (Å²) in [6.07, 6.45) is -0.715. The average Bonchev–Trinajstić information content (AvgIpc) is 3.42. The van der Waals surface area contributed by atoms with Crippen LogP contribution in [-0.4, -0.2) is 164 Å². The predicted octanol–water partition coefficient (Wildman–Crippen LogP) is -0.534. The maximum absolute atomic E-state index is 14.4. The minimum absolute atomic E-state index is 0.0766. The Kier molecular flexibility index (Phi) is 27.7. The molecule has 8 amide bonds. The first-order chi connectivity index (χ1) is 38.2. The fourth-order valence-corrected chi connectivity index (χ4v) is 8.42. The van der Waals surface area contributed by atoms with Crippen LogP contribution in [0.2, 0.25) is 0 Å². The quantitative estimate of drug-likeness (QED) is 0.0334. The van der Waals surface area contributed by atoms with E-state index in [0.717, 1.165) is 10.5 Å². The summed E-state index contributed by atoms with van der Waals surface area (Å²) in [6.45, 7) is 7.20. The highest BCUT2D eigenvalue weighted by atomic mass is 16.4. The Balaban J connectivity index is 1.86. The summed E-state index contributed by atoms with van der Waals surface area (Å²) >= 11 is 0. The second-order valence-electron chi connectivity index (χ2n) is 20.6. The molecule has 25 nitrogen and oxygen atoms in total. The van der Waals surface area contributed by atoms with Gasteiger partial charge in [-0.05, 0) is 105 Å². The van der Waals surface area contributed by atoms with Crippen molar-refractivity contribution in [2.75, 3.05) is 20.2 Å². The monoisotopic (exact) mass is 1130 g/mol. The van der Waals surface area contributed by atoms with E-state index in [1.54, 1.807) is 38.1 Å². The number of amides is 8. The zero-order chi connectivity index (χ0) is 60.5. The molecule has 0 heterocycles. The number of unbranched alkanes of at least 4 members (excludes halogenated alkanes) is 1. The number of likely N-dealkylation sites (N-methyl/N-ethyl adjacent to an activating group) is 1. The van der Waals surface area contributed by atoms with E-state index in [1.807, 2.05) is 19.9 Å². The fraction of sp³-hybridized carbons (Fsp3) is 0.500. The molecule has 0 aliphatic heterocycles. The van der Waals surface area contributed by atoms with Crippen LogP contribution in [0.5, 0.6) is 11.5 Å². The van der Waals surface area contributed by atoms with E-state index in [0.29, 0.717) is 17.5 Å². The van der Waals surface area contributed by atoms with E-state index in [9.17, 15) is 73.5 Å².